The van der Waals surface area contributed by atoms with Crippen LogP contribution in [0.3, 0.4) is 0 Å². The van der Waals surface area contributed by atoms with Crippen LogP contribution in [0.4, 0.5) is 5.69 Å². The Labute approximate surface area is 149 Å². The molecule has 0 saturated carbocycles. The lowest BCUT2D eigenvalue weighted by Gasteiger charge is -2.07. The first-order chi connectivity index (χ1) is 12.0. The molecule has 2 aromatic carbocycles. The second kappa shape index (κ2) is 7.36. The number of hydrogen-bond donors (Lipinski definition) is 2. The van der Waals surface area contributed by atoms with Crippen LogP contribution < -0.4 is 10.6 Å². The van der Waals surface area contributed by atoms with E-state index < -0.39 is 0 Å². The van der Waals surface area contributed by atoms with Crippen LogP contribution in [-0.4, -0.2) is 23.3 Å². The molecule has 1 aromatic heterocycles. The molecular weight excluding hydrogens is 342 g/mol. The summed E-state index contributed by atoms with van der Waals surface area (Å²) in [7, 11) is 0. The van der Waals surface area contributed by atoms with E-state index in [9.17, 15) is 9.59 Å². The molecule has 7 heteroatoms. The molecule has 0 aliphatic carbocycles. The number of amides is 2. The van der Waals surface area contributed by atoms with Gasteiger partial charge in [-0.2, -0.15) is 4.98 Å². The minimum absolute atomic E-state index is 0.0281. The van der Waals surface area contributed by atoms with Gasteiger partial charge >= 0.3 is 0 Å². The number of rotatable bonds is 5. The van der Waals surface area contributed by atoms with Gasteiger partial charge in [0.25, 0.3) is 11.3 Å². The van der Waals surface area contributed by atoms with Crippen molar-refractivity contribution in [1.82, 2.24) is 10.3 Å². The Bertz CT molecular complexity index is 936. The van der Waals surface area contributed by atoms with E-state index in [-0.39, 0.29) is 30.1 Å². The number of nitrogens with one attached hydrogen (secondary N) is 2. The second-order valence-electron chi connectivity index (χ2n) is 5.57. The van der Waals surface area contributed by atoms with Gasteiger partial charge in [0.15, 0.2) is 5.58 Å². The van der Waals surface area contributed by atoms with Crippen molar-refractivity contribution in [2.24, 2.45) is 0 Å². The molecule has 0 saturated heterocycles. The maximum absolute atomic E-state index is 12.1. The smallest absolute Gasteiger partial charge is 0.293 e. The quantitative estimate of drug-likeness (QED) is 0.731. The Kier molecular flexibility index (Phi) is 5.00. The first kappa shape index (κ1) is 17.0. The van der Waals surface area contributed by atoms with Crippen molar-refractivity contribution in [3.63, 3.8) is 0 Å². The van der Waals surface area contributed by atoms with Crippen molar-refractivity contribution >= 4 is 40.2 Å². The third-order valence-electron chi connectivity index (χ3n) is 3.56. The standard InChI is InChI=1S/C18H16ClN3O3/c1-11-3-2-4-13(9-11)21-16(23)7-8-20-17(24)12-5-6-14-15(10-12)25-18(19)22-14/h2-6,9-10H,7-8H2,1H3,(H,20,24)(H,21,23). The summed E-state index contributed by atoms with van der Waals surface area (Å²) in [5.41, 5.74) is 3.24. The van der Waals surface area contributed by atoms with Crippen LogP contribution in [0, 0.1) is 6.92 Å². The van der Waals surface area contributed by atoms with E-state index in [2.05, 4.69) is 15.6 Å². The third kappa shape index (κ3) is 4.36. The second-order valence-corrected chi connectivity index (χ2v) is 5.90. The van der Waals surface area contributed by atoms with Crippen LogP contribution in [-0.2, 0) is 4.79 Å². The van der Waals surface area contributed by atoms with Crippen molar-refractivity contribution < 1.29 is 14.0 Å². The highest BCUT2D eigenvalue weighted by atomic mass is 35.5. The molecule has 0 fully saturated rings. The zero-order valence-electron chi connectivity index (χ0n) is 13.5. The average Bonchev–Trinajstić information content (AvgIpc) is 2.93. The number of fused-ring (bicyclic) bond motifs is 1. The summed E-state index contributed by atoms with van der Waals surface area (Å²) in [4.78, 5) is 28.0. The van der Waals surface area contributed by atoms with Gasteiger partial charge in [0.05, 0.1) is 0 Å². The fourth-order valence-electron chi connectivity index (χ4n) is 2.38. The van der Waals surface area contributed by atoms with Gasteiger partial charge < -0.3 is 15.1 Å². The summed E-state index contributed by atoms with van der Waals surface area (Å²) in [5.74, 6) is -0.457. The predicted octanol–water partition coefficient (Wildman–Crippen LogP) is 3.55. The predicted molar refractivity (Wildman–Crippen MR) is 95.8 cm³/mol. The minimum atomic E-state index is -0.294. The van der Waals surface area contributed by atoms with Crippen molar-refractivity contribution in [2.45, 2.75) is 13.3 Å². The summed E-state index contributed by atoms with van der Waals surface area (Å²) in [6.07, 6.45) is 0.177. The number of oxazole rings is 1. The average molecular weight is 358 g/mol. The Morgan fingerprint density at radius 3 is 2.84 bits per heavy atom. The Balaban J connectivity index is 1.52. The van der Waals surface area contributed by atoms with Crippen molar-refractivity contribution in [2.75, 3.05) is 11.9 Å². The van der Waals surface area contributed by atoms with Crippen LogP contribution >= 0.6 is 11.6 Å². The molecule has 3 aromatic rings. The summed E-state index contributed by atoms with van der Waals surface area (Å²) >= 11 is 5.69. The first-order valence-corrected chi connectivity index (χ1v) is 8.10. The number of aryl methyl sites for hydroxylation is 1. The normalized spacial score (nSPS) is 10.6. The zero-order valence-corrected chi connectivity index (χ0v) is 14.3. The summed E-state index contributed by atoms with van der Waals surface area (Å²) in [6, 6.07) is 12.4. The van der Waals surface area contributed by atoms with Crippen molar-refractivity contribution in [3.05, 3.63) is 58.9 Å². The van der Waals surface area contributed by atoms with Crippen LogP contribution in [0.25, 0.3) is 11.1 Å². The van der Waals surface area contributed by atoms with Gasteiger partial charge in [0.2, 0.25) is 5.91 Å². The highest BCUT2D eigenvalue weighted by molar-refractivity contribution is 6.28. The molecule has 1 heterocycles. The summed E-state index contributed by atoms with van der Waals surface area (Å²) in [6.45, 7) is 2.18. The van der Waals surface area contributed by atoms with Crippen molar-refractivity contribution in [3.8, 4) is 0 Å². The molecule has 0 aliphatic heterocycles. The highest BCUT2D eigenvalue weighted by Gasteiger charge is 2.10. The molecule has 0 spiro atoms. The molecule has 0 bridgehead atoms. The van der Waals surface area contributed by atoms with E-state index in [1.54, 1.807) is 18.2 Å². The van der Waals surface area contributed by atoms with E-state index in [1.807, 2.05) is 31.2 Å². The molecule has 0 atom stereocenters. The fraction of sp³-hybridized carbons (Fsp3) is 0.167. The maximum atomic E-state index is 12.1. The topological polar surface area (TPSA) is 84.2 Å². The van der Waals surface area contributed by atoms with E-state index in [0.29, 0.717) is 16.7 Å². The number of carbonyl (C=O) groups is 2. The van der Waals surface area contributed by atoms with Crippen LogP contribution in [0.1, 0.15) is 22.3 Å². The molecule has 2 N–H and O–H groups in total. The largest absolute Gasteiger partial charge is 0.428 e. The lowest BCUT2D eigenvalue weighted by molar-refractivity contribution is -0.116. The summed E-state index contributed by atoms with van der Waals surface area (Å²) in [5, 5.41) is 5.53. The van der Waals surface area contributed by atoms with Gasteiger partial charge in [0, 0.05) is 24.2 Å². The fourth-order valence-corrected chi connectivity index (χ4v) is 2.55. The van der Waals surface area contributed by atoms with Crippen LogP contribution in [0.15, 0.2) is 46.9 Å². The number of anilines is 1. The maximum Gasteiger partial charge on any atom is 0.293 e. The SMILES string of the molecule is Cc1cccc(NC(=O)CCNC(=O)c2ccc3nc(Cl)oc3c2)c1. The minimum Gasteiger partial charge on any atom is -0.428 e. The number of halogens is 1. The number of hydrogen-bond acceptors (Lipinski definition) is 4. The van der Waals surface area contributed by atoms with Gasteiger partial charge in [0.1, 0.15) is 5.52 Å². The molecule has 0 unspecified atom stereocenters. The number of benzene rings is 2. The lowest BCUT2D eigenvalue weighted by Crippen LogP contribution is -2.27. The van der Waals surface area contributed by atoms with E-state index in [0.717, 1.165) is 11.3 Å². The molecule has 25 heavy (non-hydrogen) atoms. The van der Waals surface area contributed by atoms with E-state index in [1.165, 1.54) is 0 Å². The molecule has 0 radical (unpaired) electrons. The lowest BCUT2D eigenvalue weighted by atomic mass is 10.2. The van der Waals surface area contributed by atoms with E-state index >= 15 is 0 Å². The highest BCUT2D eigenvalue weighted by Crippen LogP contribution is 2.20. The van der Waals surface area contributed by atoms with Gasteiger partial charge in [-0.15, -0.1) is 0 Å². The number of aromatic nitrogens is 1. The van der Waals surface area contributed by atoms with Gasteiger partial charge in [-0.1, -0.05) is 12.1 Å². The Morgan fingerprint density at radius 1 is 1.20 bits per heavy atom. The third-order valence-corrected chi connectivity index (χ3v) is 3.73. The van der Waals surface area contributed by atoms with Gasteiger partial charge in [-0.3, -0.25) is 9.59 Å². The molecule has 128 valence electrons. The van der Waals surface area contributed by atoms with E-state index in [4.69, 9.17) is 16.0 Å². The number of nitrogens with zero attached hydrogens (tertiary/aromatic N) is 1. The molecule has 3 rings (SSSR count). The first-order valence-electron chi connectivity index (χ1n) is 7.72. The molecule has 6 nitrogen and oxygen atoms in total. The summed E-state index contributed by atoms with van der Waals surface area (Å²) < 4.78 is 5.19. The van der Waals surface area contributed by atoms with Gasteiger partial charge in [-0.05, 0) is 54.4 Å². The molecular formula is C18H16ClN3O3. The number of carbonyl (C=O) groups excluding carboxylic acids is 2. The Morgan fingerprint density at radius 2 is 2.04 bits per heavy atom. The van der Waals surface area contributed by atoms with Crippen LogP contribution in [0.5, 0.6) is 0 Å². The van der Waals surface area contributed by atoms with Crippen LogP contribution in [0.2, 0.25) is 5.35 Å². The monoisotopic (exact) mass is 357 g/mol. The zero-order chi connectivity index (χ0) is 17.8. The van der Waals surface area contributed by atoms with Gasteiger partial charge in [-0.25, -0.2) is 0 Å². The molecule has 2 amide bonds. The Hall–Kier alpha value is -2.86. The van der Waals surface area contributed by atoms with Crippen molar-refractivity contribution in [1.29, 1.82) is 0 Å². The molecule has 0 aliphatic rings.